The summed E-state index contributed by atoms with van der Waals surface area (Å²) in [5, 5.41) is 2.99. The first-order chi connectivity index (χ1) is 5.98. The average Bonchev–Trinajstić information content (AvgIpc) is 2.02. The van der Waals surface area contributed by atoms with Gasteiger partial charge in [-0.25, -0.2) is 4.21 Å². The molecule has 0 aliphatic rings. The van der Waals surface area contributed by atoms with Crippen molar-refractivity contribution in [2.75, 3.05) is 19.1 Å². The molecule has 4 nitrogen and oxygen atoms in total. The van der Waals surface area contributed by atoms with Gasteiger partial charge in [0.05, 0.1) is 5.88 Å². The van der Waals surface area contributed by atoms with Gasteiger partial charge in [0.1, 0.15) is 0 Å². The molecule has 0 aliphatic carbocycles. The Labute approximate surface area is 82.3 Å². The summed E-state index contributed by atoms with van der Waals surface area (Å²) < 4.78 is 24.2. The highest BCUT2D eigenvalue weighted by Gasteiger charge is 2.16. The molecule has 2 N–H and O–H groups in total. The Morgan fingerprint density at radius 2 is 2.15 bits per heavy atom. The molecule has 0 radical (unpaired) electrons. The smallest absolute Gasteiger partial charge is 0.167 e. The van der Waals surface area contributed by atoms with Crippen molar-refractivity contribution in [3.05, 3.63) is 0 Å². The summed E-state index contributed by atoms with van der Waals surface area (Å²) in [5.41, 5.74) is -0.145. The van der Waals surface area contributed by atoms with Gasteiger partial charge in [0.25, 0.3) is 0 Å². The van der Waals surface area contributed by atoms with E-state index in [1.807, 2.05) is 20.8 Å². The number of nitrogens with one attached hydrogen (secondary N) is 1. The highest BCUT2D eigenvalue weighted by Crippen LogP contribution is 2.07. The molecule has 80 valence electrons. The zero-order chi connectivity index (χ0) is 10.3. The van der Waals surface area contributed by atoms with Gasteiger partial charge < -0.3 is 9.29 Å². The third-order valence-electron chi connectivity index (χ3n) is 1.75. The summed E-state index contributed by atoms with van der Waals surface area (Å²) in [6.45, 7) is 7.30. The minimum atomic E-state index is -1.77. The molecule has 5 heteroatoms. The van der Waals surface area contributed by atoms with Crippen LogP contribution in [0.2, 0.25) is 0 Å². The summed E-state index contributed by atoms with van der Waals surface area (Å²) in [4.78, 5) is 0. The third kappa shape index (κ3) is 8.36. The molecule has 0 aromatic heterocycles. The molecule has 1 atom stereocenters. The van der Waals surface area contributed by atoms with Crippen LogP contribution in [0.5, 0.6) is 0 Å². The molecule has 13 heavy (non-hydrogen) atoms. The first-order valence-electron chi connectivity index (χ1n) is 4.38. The van der Waals surface area contributed by atoms with Gasteiger partial charge in [0.15, 0.2) is 11.1 Å². The molecule has 0 saturated heterocycles. The number of ether oxygens (including phenoxy) is 1. The third-order valence-corrected chi connectivity index (χ3v) is 2.14. The van der Waals surface area contributed by atoms with Crippen molar-refractivity contribution >= 4 is 11.1 Å². The fourth-order valence-electron chi connectivity index (χ4n) is 0.817. The first kappa shape index (κ1) is 13.0. The van der Waals surface area contributed by atoms with E-state index in [9.17, 15) is 4.21 Å². The normalized spacial score (nSPS) is 14.5. The van der Waals surface area contributed by atoms with Crippen LogP contribution in [0.25, 0.3) is 0 Å². The van der Waals surface area contributed by atoms with Gasteiger partial charge in [0, 0.05) is 18.8 Å². The molecule has 0 saturated carbocycles. The van der Waals surface area contributed by atoms with Crippen molar-refractivity contribution in [1.82, 2.24) is 5.32 Å². The van der Waals surface area contributed by atoms with Gasteiger partial charge in [-0.1, -0.05) is 0 Å². The monoisotopic (exact) mass is 209 g/mol. The van der Waals surface area contributed by atoms with Crippen LogP contribution in [0.4, 0.5) is 0 Å². The first-order valence-corrected chi connectivity index (χ1v) is 5.66. The Morgan fingerprint density at radius 3 is 2.62 bits per heavy atom. The summed E-state index contributed by atoms with van der Waals surface area (Å²) in [7, 11) is 0. The molecule has 0 heterocycles. The van der Waals surface area contributed by atoms with Crippen molar-refractivity contribution in [1.29, 1.82) is 0 Å². The van der Waals surface area contributed by atoms with Crippen molar-refractivity contribution < 1.29 is 13.5 Å². The molecule has 0 bridgehead atoms. The predicted octanol–water partition coefficient (Wildman–Crippen LogP) is 0.960. The van der Waals surface area contributed by atoms with Gasteiger partial charge in [0.2, 0.25) is 0 Å². The minimum absolute atomic E-state index is 0.110. The van der Waals surface area contributed by atoms with Gasteiger partial charge >= 0.3 is 0 Å². The summed E-state index contributed by atoms with van der Waals surface area (Å²) in [5.74, 6) is 0.110. The summed E-state index contributed by atoms with van der Waals surface area (Å²) in [6.07, 6.45) is 0.831. The van der Waals surface area contributed by atoms with Crippen LogP contribution < -0.4 is 5.32 Å². The second kappa shape index (κ2) is 6.48. The van der Waals surface area contributed by atoms with Crippen molar-refractivity contribution in [3.63, 3.8) is 0 Å². The fourth-order valence-corrected chi connectivity index (χ4v) is 1.33. The minimum Gasteiger partial charge on any atom is -0.382 e. The van der Waals surface area contributed by atoms with E-state index < -0.39 is 11.1 Å². The van der Waals surface area contributed by atoms with Crippen molar-refractivity contribution in [2.24, 2.45) is 0 Å². The molecular weight excluding hydrogens is 190 g/mol. The maximum Gasteiger partial charge on any atom is 0.167 e. The molecule has 0 aliphatic heterocycles. The van der Waals surface area contributed by atoms with E-state index in [2.05, 4.69) is 5.32 Å². The second-order valence-electron chi connectivity index (χ2n) is 3.47. The summed E-state index contributed by atoms with van der Waals surface area (Å²) in [6, 6.07) is 0. The zero-order valence-corrected chi connectivity index (χ0v) is 9.32. The molecule has 0 aromatic carbocycles. The van der Waals surface area contributed by atoms with Crippen LogP contribution in [0, 0.1) is 0 Å². The number of hydrogen-bond acceptors (Lipinski definition) is 3. The topological polar surface area (TPSA) is 58.6 Å². The van der Waals surface area contributed by atoms with E-state index in [1.165, 1.54) is 0 Å². The highest BCUT2D eigenvalue weighted by molar-refractivity contribution is 7.79. The Balaban J connectivity index is 3.59. The van der Waals surface area contributed by atoms with Crippen LogP contribution in [-0.4, -0.2) is 33.4 Å². The molecule has 0 aromatic rings. The van der Waals surface area contributed by atoms with E-state index in [0.717, 1.165) is 6.42 Å². The molecule has 0 amide bonds. The fraction of sp³-hybridized carbons (Fsp3) is 1.00. The Hall–Kier alpha value is 0.0300. The van der Waals surface area contributed by atoms with Gasteiger partial charge in [-0.3, -0.25) is 5.32 Å². The number of rotatable bonds is 7. The Bertz CT molecular complexity index is 161. The largest absolute Gasteiger partial charge is 0.382 e. The van der Waals surface area contributed by atoms with E-state index in [1.54, 1.807) is 0 Å². The lowest BCUT2D eigenvalue weighted by molar-refractivity contribution is 0.125. The lowest BCUT2D eigenvalue weighted by Gasteiger charge is -2.25. The lowest BCUT2D eigenvalue weighted by atomic mass is 10.0. The Kier molecular flexibility index (Phi) is 6.49. The molecule has 0 spiro atoms. The molecule has 1 unspecified atom stereocenters. The van der Waals surface area contributed by atoms with E-state index in [4.69, 9.17) is 9.29 Å². The van der Waals surface area contributed by atoms with Crippen molar-refractivity contribution in [2.45, 2.75) is 32.7 Å². The van der Waals surface area contributed by atoms with Crippen LogP contribution in [-0.2, 0) is 15.8 Å². The van der Waals surface area contributed by atoms with Gasteiger partial charge in [-0.15, -0.1) is 0 Å². The number of hydrogen-bond donors (Lipinski definition) is 2. The summed E-state index contributed by atoms with van der Waals surface area (Å²) >= 11 is -1.77. The molecule has 0 fully saturated rings. The average molecular weight is 209 g/mol. The van der Waals surface area contributed by atoms with E-state index in [0.29, 0.717) is 13.2 Å². The van der Waals surface area contributed by atoms with Crippen LogP contribution in [0.3, 0.4) is 0 Å². The predicted molar refractivity (Wildman–Crippen MR) is 54.0 cm³/mol. The maximum absolute atomic E-state index is 10.4. The van der Waals surface area contributed by atoms with Gasteiger partial charge in [-0.05, 0) is 27.2 Å². The maximum atomic E-state index is 10.4. The molecular formula is C8H19NO3S. The quantitative estimate of drug-likeness (QED) is 0.484. The van der Waals surface area contributed by atoms with Crippen LogP contribution >= 0.6 is 0 Å². The van der Waals surface area contributed by atoms with E-state index in [-0.39, 0.29) is 11.4 Å². The highest BCUT2D eigenvalue weighted by atomic mass is 32.2. The van der Waals surface area contributed by atoms with Crippen LogP contribution in [0.15, 0.2) is 0 Å². The lowest BCUT2D eigenvalue weighted by Crippen LogP contribution is -2.41. The Morgan fingerprint density at radius 1 is 1.54 bits per heavy atom. The van der Waals surface area contributed by atoms with Gasteiger partial charge in [-0.2, -0.15) is 0 Å². The second-order valence-corrected chi connectivity index (χ2v) is 4.41. The van der Waals surface area contributed by atoms with Crippen molar-refractivity contribution in [3.8, 4) is 0 Å². The van der Waals surface area contributed by atoms with E-state index >= 15 is 0 Å². The SMILES string of the molecule is CCOCCC(C)(C)NCS(=O)O. The van der Waals surface area contributed by atoms with Crippen LogP contribution in [0.1, 0.15) is 27.2 Å². The molecule has 0 rings (SSSR count). The zero-order valence-electron chi connectivity index (χ0n) is 8.50. The standard InChI is InChI=1S/C8H19NO3S/c1-4-12-6-5-8(2,3)9-7-13(10)11/h9H,4-7H2,1-3H3,(H,10,11).